The van der Waals surface area contributed by atoms with Crippen LogP contribution in [0.4, 0.5) is 5.69 Å². The molecule has 27 heavy (non-hydrogen) atoms. The Morgan fingerprint density at radius 1 is 1.19 bits per heavy atom. The third-order valence-electron chi connectivity index (χ3n) is 4.63. The zero-order chi connectivity index (χ0) is 19.4. The predicted octanol–water partition coefficient (Wildman–Crippen LogP) is 4.08. The van der Waals surface area contributed by atoms with Gasteiger partial charge in [0.05, 0.1) is 12.1 Å². The van der Waals surface area contributed by atoms with E-state index in [0.717, 1.165) is 15.7 Å². The van der Waals surface area contributed by atoms with Gasteiger partial charge in [0.2, 0.25) is 11.8 Å². The molecule has 2 amide bonds. The van der Waals surface area contributed by atoms with Crippen molar-refractivity contribution in [1.29, 1.82) is 0 Å². The molecule has 1 saturated heterocycles. The summed E-state index contributed by atoms with van der Waals surface area (Å²) >= 11 is 3.38. The molecule has 3 rings (SSSR count). The van der Waals surface area contributed by atoms with E-state index in [1.54, 1.807) is 11.1 Å². The number of rotatable bonds is 5. The van der Waals surface area contributed by atoms with Crippen molar-refractivity contribution in [2.75, 3.05) is 11.4 Å². The predicted molar refractivity (Wildman–Crippen MR) is 111 cm³/mol. The zero-order valence-electron chi connectivity index (χ0n) is 15.4. The molecule has 5 nitrogen and oxygen atoms in total. The monoisotopic (exact) mass is 427 g/mol. The average Bonchev–Trinajstić information content (AvgIpc) is 3.04. The standard InChI is InChI=1S/C21H22BrN3O2/c1-14(2)16-5-3-15(4-6-16)12-23-24-21(27)17-11-20(26)25(13-17)19-9-7-18(22)8-10-19/h3-10,12,14,17H,11,13H2,1-2H3,(H,24,27)/b23-12-/t17-/m0/s1. The van der Waals surface area contributed by atoms with E-state index in [4.69, 9.17) is 0 Å². The number of hydrogen-bond acceptors (Lipinski definition) is 3. The first-order valence-electron chi connectivity index (χ1n) is 8.93. The van der Waals surface area contributed by atoms with E-state index in [9.17, 15) is 9.59 Å². The minimum Gasteiger partial charge on any atom is -0.312 e. The molecule has 0 aromatic heterocycles. The molecule has 0 unspecified atom stereocenters. The van der Waals surface area contributed by atoms with Gasteiger partial charge in [0, 0.05) is 23.1 Å². The van der Waals surface area contributed by atoms with Crippen LogP contribution in [0.1, 0.15) is 37.3 Å². The number of benzene rings is 2. The highest BCUT2D eigenvalue weighted by Crippen LogP contribution is 2.26. The van der Waals surface area contributed by atoms with Crippen LogP contribution in [0.3, 0.4) is 0 Å². The summed E-state index contributed by atoms with van der Waals surface area (Å²) in [5, 5.41) is 4.03. The van der Waals surface area contributed by atoms with Crippen molar-refractivity contribution in [3.8, 4) is 0 Å². The molecule has 1 N–H and O–H groups in total. The Morgan fingerprint density at radius 2 is 1.85 bits per heavy atom. The molecule has 0 radical (unpaired) electrons. The second-order valence-electron chi connectivity index (χ2n) is 6.94. The summed E-state index contributed by atoms with van der Waals surface area (Å²) in [6.07, 6.45) is 1.81. The summed E-state index contributed by atoms with van der Waals surface area (Å²) in [6.45, 7) is 4.65. The minimum atomic E-state index is -0.401. The summed E-state index contributed by atoms with van der Waals surface area (Å²) < 4.78 is 0.947. The lowest BCUT2D eigenvalue weighted by Gasteiger charge is -2.16. The topological polar surface area (TPSA) is 61.8 Å². The Bertz CT molecular complexity index is 845. The molecule has 2 aromatic rings. The number of halogens is 1. The molecule has 2 aromatic carbocycles. The van der Waals surface area contributed by atoms with Crippen LogP contribution < -0.4 is 10.3 Å². The van der Waals surface area contributed by atoms with Gasteiger partial charge in [0.1, 0.15) is 0 Å². The Morgan fingerprint density at radius 3 is 2.48 bits per heavy atom. The second-order valence-corrected chi connectivity index (χ2v) is 7.85. The fraction of sp³-hybridized carbons (Fsp3) is 0.286. The van der Waals surface area contributed by atoms with Crippen molar-refractivity contribution in [2.24, 2.45) is 11.0 Å². The first-order chi connectivity index (χ1) is 12.9. The highest BCUT2D eigenvalue weighted by molar-refractivity contribution is 9.10. The summed E-state index contributed by atoms with van der Waals surface area (Å²) in [7, 11) is 0. The highest BCUT2D eigenvalue weighted by atomic mass is 79.9. The van der Waals surface area contributed by atoms with Gasteiger partial charge >= 0.3 is 0 Å². The van der Waals surface area contributed by atoms with Crippen LogP contribution in [0, 0.1) is 5.92 Å². The van der Waals surface area contributed by atoms with E-state index in [1.807, 2.05) is 36.4 Å². The van der Waals surface area contributed by atoms with Crippen LogP contribution in [0.5, 0.6) is 0 Å². The number of hydrazone groups is 1. The van der Waals surface area contributed by atoms with Crippen molar-refractivity contribution < 1.29 is 9.59 Å². The third-order valence-corrected chi connectivity index (χ3v) is 5.15. The maximum absolute atomic E-state index is 12.3. The molecule has 1 fully saturated rings. The van der Waals surface area contributed by atoms with Crippen molar-refractivity contribution in [3.05, 3.63) is 64.1 Å². The molecule has 1 heterocycles. The number of nitrogens with zero attached hydrogens (tertiary/aromatic N) is 2. The lowest BCUT2D eigenvalue weighted by Crippen LogP contribution is -2.30. The first-order valence-corrected chi connectivity index (χ1v) is 9.72. The van der Waals surface area contributed by atoms with Crippen LogP contribution in [-0.2, 0) is 9.59 Å². The van der Waals surface area contributed by atoms with Gasteiger partial charge in [-0.15, -0.1) is 0 Å². The van der Waals surface area contributed by atoms with Crippen molar-refractivity contribution in [2.45, 2.75) is 26.2 Å². The summed E-state index contributed by atoms with van der Waals surface area (Å²) in [4.78, 5) is 26.2. The van der Waals surface area contributed by atoms with E-state index in [0.29, 0.717) is 12.5 Å². The molecule has 1 aliphatic heterocycles. The molecular weight excluding hydrogens is 406 g/mol. The van der Waals surface area contributed by atoms with Crippen LogP contribution in [-0.4, -0.2) is 24.6 Å². The SMILES string of the molecule is CC(C)c1ccc(/C=N\NC(=O)[C@H]2CC(=O)N(c3ccc(Br)cc3)C2)cc1. The Kier molecular flexibility index (Phi) is 6.06. The van der Waals surface area contributed by atoms with Gasteiger partial charge in [-0.1, -0.05) is 54.0 Å². The van der Waals surface area contributed by atoms with E-state index in [-0.39, 0.29) is 18.2 Å². The van der Waals surface area contributed by atoms with Gasteiger partial charge in [-0.3, -0.25) is 9.59 Å². The van der Waals surface area contributed by atoms with Gasteiger partial charge in [0.25, 0.3) is 0 Å². The van der Waals surface area contributed by atoms with Crippen molar-refractivity contribution in [3.63, 3.8) is 0 Å². The molecule has 140 valence electrons. The highest BCUT2D eigenvalue weighted by Gasteiger charge is 2.35. The van der Waals surface area contributed by atoms with Crippen LogP contribution in [0.15, 0.2) is 58.1 Å². The first kappa shape index (κ1) is 19.3. The summed E-state index contributed by atoms with van der Waals surface area (Å²) in [6, 6.07) is 15.5. The van der Waals surface area contributed by atoms with Crippen LogP contribution >= 0.6 is 15.9 Å². The smallest absolute Gasteiger partial charge is 0.245 e. The molecule has 0 spiro atoms. The number of carbonyl (C=O) groups excluding carboxylic acids is 2. The Labute approximate surface area is 167 Å². The van der Waals surface area contributed by atoms with E-state index < -0.39 is 5.92 Å². The number of carbonyl (C=O) groups is 2. The Balaban J connectivity index is 1.57. The van der Waals surface area contributed by atoms with E-state index in [1.165, 1.54) is 5.56 Å². The van der Waals surface area contributed by atoms with E-state index in [2.05, 4.69) is 52.4 Å². The fourth-order valence-corrected chi connectivity index (χ4v) is 3.25. The lowest BCUT2D eigenvalue weighted by atomic mass is 10.0. The zero-order valence-corrected chi connectivity index (χ0v) is 16.9. The van der Waals surface area contributed by atoms with Gasteiger partial charge in [-0.25, -0.2) is 5.43 Å². The van der Waals surface area contributed by atoms with Gasteiger partial charge in [-0.05, 0) is 41.3 Å². The van der Waals surface area contributed by atoms with Crippen molar-refractivity contribution >= 4 is 39.6 Å². The van der Waals surface area contributed by atoms with Gasteiger partial charge in [-0.2, -0.15) is 5.10 Å². The van der Waals surface area contributed by atoms with E-state index >= 15 is 0 Å². The van der Waals surface area contributed by atoms with Gasteiger partial charge in [0.15, 0.2) is 0 Å². The number of anilines is 1. The fourth-order valence-electron chi connectivity index (χ4n) is 2.98. The molecule has 1 aliphatic rings. The lowest BCUT2D eigenvalue weighted by molar-refractivity contribution is -0.126. The van der Waals surface area contributed by atoms with Crippen molar-refractivity contribution in [1.82, 2.24) is 5.43 Å². The maximum atomic E-state index is 12.3. The number of amides is 2. The quantitative estimate of drug-likeness (QED) is 0.577. The largest absolute Gasteiger partial charge is 0.312 e. The molecule has 1 atom stereocenters. The summed E-state index contributed by atoms with van der Waals surface area (Å²) in [5.41, 5.74) is 5.53. The summed E-state index contributed by atoms with van der Waals surface area (Å²) in [5.74, 6) is -0.213. The van der Waals surface area contributed by atoms with Crippen LogP contribution in [0.2, 0.25) is 0 Å². The molecular formula is C21H22BrN3O2. The molecule has 0 bridgehead atoms. The van der Waals surface area contributed by atoms with Gasteiger partial charge < -0.3 is 4.90 Å². The normalized spacial score (nSPS) is 17.1. The minimum absolute atomic E-state index is 0.0503. The molecule has 0 saturated carbocycles. The Hall–Kier alpha value is -2.47. The second kappa shape index (κ2) is 8.48. The molecule has 6 heteroatoms. The average molecular weight is 428 g/mol. The molecule has 0 aliphatic carbocycles. The van der Waals surface area contributed by atoms with Crippen LogP contribution in [0.25, 0.3) is 0 Å². The number of nitrogens with one attached hydrogen (secondary N) is 1. The third kappa shape index (κ3) is 4.83. The number of hydrogen-bond donors (Lipinski definition) is 1. The maximum Gasteiger partial charge on any atom is 0.245 e.